The summed E-state index contributed by atoms with van der Waals surface area (Å²) >= 11 is 0. The highest BCUT2D eigenvalue weighted by molar-refractivity contribution is 5.95. The SMILES string of the molecule is CC(C)c1ccnc(N2CCN(Cc3ccc(C=O)cc3)CC2)c1C(=O)O. The topological polar surface area (TPSA) is 73.7 Å². The number of aromatic nitrogens is 1. The quantitative estimate of drug-likeness (QED) is 0.791. The summed E-state index contributed by atoms with van der Waals surface area (Å²) in [7, 11) is 0. The highest BCUT2D eigenvalue weighted by Crippen LogP contribution is 2.27. The Kier molecular flexibility index (Phi) is 5.86. The van der Waals surface area contributed by atoms with Crippen molar-refractivity contribution >= 4 is 18.1 Å². The molecule has 1 fully saturated rings. The molecule has 1 aromatic heterocycles. The van der Waals surface area contributed by atoms with Crippen molar-refractivity contribution in [2.75, 3.05) is 31.1 Å². The lowest BCUT2D eigenvalue weighted by Crippen LogP contribution is -2.46. The first-order valence-electron chi connectivity index (χ1n) is 9.23. The average Bonchev–Trinajstić information content (AvgIpc) is 2.68. The number of piperazine rings is 1. The molecule has 142 valence electrons. The van der Waals surface area contributed by atoms with E-state index < -0.39 is 5.97 Å². The number of carbonyl (C=O) groups excluding carboxylic acids is 1. The van der Waals surface area contributed by atoms with Crippen LogP contribution in [0.5, 0.6) is 0 Å². The van der Waals surface area contributed by atoms with Crippen LogP contribution in [0.3, 0.4) is 0 Å². The fourth-order valence-corrected chi connectivity index (χ4v) is 3.48. The van der Waals surface area contributed by atoms with Gasteiger partial charge in [-0.25, -0.2) is 9.78 Å². The number of hydrogen-bond donors (Lipinski definition) is 1. The third kappa shape index (κ3) is 4.34. The molecule has 6 nitrogen and oxygen atoms in total. The predicted octanol–water partition coefficient (Wildman–Crippen LogP) is 3.04. The molecule has 0 spiro atoms. The van der Waals surface area contributed by atoms with Crippen LogP contribution in [0.15, 0.2) is 36.5 Å². The van der Waals surface area contributed by atoms with Crippen LogP contribution in [0, 0.1) is 0 Å². The Balaban J connectivity index is 1.69. The Bertz CT molecular complexity index is 810. The number of carboxylic acids is 1. The summed E-state index contributed by atoms with van der Waals surface area (Å²) in [4.78, 5) is 31.4. The fraction of sp³-hybridized carbons (Fsp3) is 0.381. The number of aromatic carboxylic acids is 1. The predicted molar refractivity (Wildman–Crippen MR) is 105 cm³/mol. The van der Waals surface area contributed by atoms with Crippen LogP contribution in [-0.2, 0) is 6.54 Å². The highest BCUT2D eigenvalue weighted by atomic mass is 16.4. The van der Waals surface area contributed by atoms with Crippen LogP contribution in [-0.4, -0.2) is 53.4 Å². The zero-order chi connectivity index (χ0) is 19.4. The van der Waals surface area contributed by atoms with Gasteiger partial charge in [-0.3, -0.25) is 9.69 Å². The van der Waals surface area contributed by atoms with Gasteiger partial charge in [0.2, 0.25) is 0 Å². The van der Waals surface area contributed by atoms with Crippen LogP contribution >= 0.6 is 0 Å². The summed E-state index contributed by atoms with van der Waals surface area (Å²) in [5.74, 6) is -0.211. The second-order valence-electron chi connectivity index (χ2n) is 7.18. The maximum absolute atomic E-state index is 11.8. The minimum Gasteiger partial charge on any atom is -0.478 e. The van der Waals surface area contributed by atoms with E-state index in [4.69, 9.17) is 0 Å². The zero-order valence-corrected chi connectivity index (χ0v) is 15.8. The second kappa shape index (κ2) is 8.31. The standard InChI is InChI=1S/C21H25N3O3/c1-15(2)18-7-8-22-20(19(18)21(26)27)24-11-9-23(10-12-24)13-16-3-5-17(14-25)6-4-16/h3-8,14-15H,9-13H2,1-2H3,(H,26,27). The third-order valence-electron chi connectivity index (χ3n) is 4.99. The molecule has 2 heterocycles. The van der Waals surface area contributed by atoms with Gasteiger partial charge in [-0.1, -0.05) is 38.1 Å². The number of hydrogen-bond acceptors (Lipinski definition) is 5. The average molecular weight is 367 g/mol. The molecule has 1 N–H and O–H groups in total. The number of carboxylic acid groups (broad SMARTS) is 1. The van der Waals surface area contributed by atoms with Gasteiger partial charge in [0.25, 0.3) is 0 Å². The van der Waals surface area contributed by atoms with E-state index in [2.05, 4.69) is 14.8 Å². The molecule has 0 saturated carbocycles. The first-order valence-corrected chi connectivity index (χ1v) is 9.23. The highest BCUT2D eigenvalue weighted by Gasteiger charge is 2.25. The summed E-state index contributed by atoms with van der Waals surface area (Å²) < 4.78 is 0. The molecule has 1 aliphatic heterocycles. The molecule has 0 atom stereocenters. The number of nitrogens with zero attached hydrogens (tertiary/aromatic N) is 3. The molecule has 1 aliphatic rings. The minimum absolute atomic E-state index is 0.133. The van der Waals surface area contributed by atoms with Gasteiger partial charge in [0.1, 0.15) is 17.7 Å². The summed E-state index contributed by atoms with van der Waals surface area (Å²) in [6.07, 6.45) is 2.55. The smallest absolute Gasteiger partial charge is 0.339 e. The van der Waals surface area contributed by atoms with Crippen molar-refractivity contribution in [1.82, 2.24) is 9.88 Å². The number of benzene rings is 1. The van der Waals surface area contributed by atoms with Crippen molar-refractivity contribution in [3.05, 3.63) is 58.8 Å². The molecular weight excluding hydrogens is 342 g/mol. The van der Waals surface area contributed by atoms with Gasteiger partial charge >= 0.3 is 5.97 Å². The van der Waals surface area contributed by atoms with E-state index >= 15 is 0 Å². The van der Waals surface area contributed by atoms with Gasteiger partial charge in [-0.05, 0) is 23.1 Å². The molecule has 1 saturated heterocycles. The lowest BCUT2D eigenvalue weighted by atomic mass is 9.98. The summed E-state index contributed by atoms with van der Waals surface area (Å²) in [6, 6.07) is 9.42. The van der Waals surface area contributed by atoms with E-state index in [0.717, 1.165) is 44.6 Å². The van der Waals surface area contributed by atoms with Gasteiger partial charge in [-0.15, -0.1) is 0 Å². The van der Waals surface area contributed by atoms with Crippen LogP contribution < -0.4 is 4.90 Å². The van der Waals surface area contributed by atoms with Crippen molar-refractivity contribution < 1.29 is 14.7 Å². The lowest BCUT2D eigenvalue weighted by Gasteiger charge is -2.36. The van der Waals surface area contributed by atoms with Crippen LogP contribution in [0.2, 0.25) is 0 Å². The number of carbonyl (C=O) groups is 2. The summed E-state index contributed by atoms with van der Waals surface area (Å²) in [5.41, 5.74) is 3.00. The van der Waals surface area contributed by atoms with E-state index in [-0.39, 0.29) is 5.92 Å². The van der Waals surface area contributed by atoms with Gasteiger partial charge in [-0.2, -0.15) is 0 Å². The van der Waals surface area contributed by atoms with Gasteiger partial charge in [0.05, 0.1) is 0 Å². The molecular formula is C21H25N3O3. The van der Waals surface area contributed by atoms with Gasteiger partial charge < -0.3 is 10.0 Å². The van der Waals surface area contributed by atoms with E-state index in [1.807, 2.05) is 38.1 Å². The summed E-state index contributed by atoms with van der Waals surface area (Å²) in [6.45, 7) is 7.96. The molecule has 0 amide bonds. The fourth-order valence-electron chi connectivity index (χ4n) is 3.48. The Labute approximate surface area is 159 Å². The van der Waals surface area contributed by atoms with Crippen LogP contribution in [0.1, 0.15) is 51.6 Å². The second-order valence-corrected chi connectivity index (χ2v) is 7.18. The summed E-state index contributed by atoms with van der Waals surface area (Å²) in [5, 5.41) is 9.71. The third-order valence-corrected chi connectivity index (χ3v) is 4.99. The van der Waals surface area contributed by atoms with E-state index in [9.17, 15) is 14.7 Å². The zero-order valence-electron chi connectivity index (χ0n) is 15.8. The minimum atomic E-state index is -0.917. The van der Waals surface area contributed by atoms with Gasteiger partial charge in [0.15, 0.2) is 0 Å². The Hall–Kier alpha value is -2.73. The normalized spacial score (nSPS) is 15.1. The van der Waals surface area contributed by atoms with Crippen molar-refractivity contribution in [2.45, 2.75) is 26.3 Å². The molecule has 3 rings (SSSR count). The van der Waals surface area contributed by atoms with Crippen molar-refractivity contribution in [2.24, 2.45) is 0 Å². The molecule has 1 aromatic carbocycles. The largest absolute Gasteiger partial charge is 0.478 e. The molecule has 0 unspecified atom stereocenters. The molecule has 6 heteroatoms. The van der Waals surface area contributed by atoms with Gasteiger partial charge in [0, 0.05) is 44.5 Å². The maximum atomic E-state index is 11.8. The van der Waals surface area contributed by atoms with Crippen molar-refractivity contribution in [3.8, 4) is 0 Å². The van der Waals surface area contributed by atoms with E-state index in [0.29, 0.717) is 16.9 Å². The maximum Gasteiger partial charge on any atom is 0.339 e. The number of rotatable bonds is 6. The molecule has 27 heavy (non-hydrogen) atoms. The van der Waals surface area contributed by atoms with E-state index in [1.54, 1.807) is 12.3 Å². The van der Waals surface area contributed by atoms with Crippen LogP contribution in [0.4, 0.5) is 5.82 Å². The van der Waals surface area contributed by atoms with E-state index in [1.165, 1.54) is 5.56 Å². The first-order chi connectivity index (χ1) is 13.0. The monoisotopic (exact) mass is 367 g/mol. The number of anilines is 1. The Morgan fingerprint density at radius 3 is 2.37 bits per heavy atom. The van der Waals surface area contributed by atoms with Crippen LogP contribution in [0.25, 0.3) is 0 Å². The number of pyridine rings is 1. The van der Waals surface area contributed by atoms with Crippen molar-refractivity contribution in [1.29, 1.82) is 0 Å². The molecule has 0 aliphatic carbocycles. The molecule has 2 aromatic rings. The lowest BCUT2D eigenvalue weighted by molar-refractivity contribution is 0.0695. The Morgan fingerprint density at radius 2 is 1.81 bits per heavy atom. The Morgan fingerprint density at radius 1 is 1.15 bits per heavy atom. The van der Waals surface area contributed by atoms with Crippen molar-refractivity contribution in [3.63, 3.8) is 0 Å². The first kappa shape index (κ1) is 19.0. The molecule has 0 radical (unpaired) electrons. The molecule has 0 bridgehead atoms. The number of aldehydes is 1.